The number of rotatable bonds is 6. The predicted molar refractivity (Wildman–Crippen MR) is 116 cm³/mol. The molecule has 1 aliphatic heterocycles. The third-order valence-electron chi connectivity index (χ3n) is 4.38. The van der Waals surface area contributed by atoms with Gasteiger partial charge in [0.25, 0.3) is 5.91 Å². The number of amides is 1. The Hall–Kier alpha value is -3.46. The number of carbonyl (C=O) groups is 2. The summed E-state index contributed by atoms with van der Waals surface area (Å²) in [4.78, 5) is 30.0. The first-order valence-electron chi connectivity index (χ1n) is 8.78. The minimum atomic E-state index is -1.06. The van der Waals surface area contributed by atoms with E-state index in [9.17, 15) is 14.7 Å². The highest BCUT2D eigenvalue weighted by Gasteiger charge is 2.27. The van der Waals surface area contributed by atoms with Crippen molar-refractivity contribution in [1.29, 1.82) is 0 Å². The van der Waals surface area contributed by atoms with Crippen molar-refractivity contribution < 1.29 is 28.9 Å². The molecule has 1 heterocycles. The molecule has 30 heavy (non-hydrogen) atoms. The third-order valence-corrected chi connectivity index (χ3v) is 5.44. The van der Waals surface area contributed by atoms with E-state index in [4.69, 9.17) is 14.2 Å². The molecule has 1 N–H and O–H groups in total. The van der Waals surface area contributed by atoms with E-state index in [1.54, 1.807) is 48.4 Å². The van der Waals surface area contributed by atoms with Gasteiger partial charge < -0.3 is 24.2 Å². The molecule has 2 aromatic rings. The average Bonchev–Trinajstić information content (AvgIpc) is 3.12. The Labute approximate surface area is 177 Å². The Kier molecular flexibility index (Phi) is 6.31. The van der Waals surface area contributed by atoms with Gasteiger partial charge in [-0.1, -0.05) is 12.1 Å². The van der Waals surface area contributed by atoms with Crippen LogP contribution in [0.4, 0.5) is 5.69 Å². The van der Waals surface area contributed by atoms with Crippen LogP contribution in [0.3, 0.4) is 0 Å². The van der Waals surface area contributed by atoms with Crippen molar-refractivity contribution in [2.45, 2.75) is 0 Å². The van der Waals surface area contributed by atoms with Gasteiger partial charge in [-0.2, -0.15) is 4.99 Å². The van der Waals surface area contributed by atoms with Crippen LogP contribution < -0.4 is 19.1 Å². The molecule has 1 amide bonds. The first-order valence-corrected chi connectivity index (χ1v) is 9.59. The van der Waals surface area contributed by atoms with E-state index in [0.29, 0.717) is 38.6 Å². The summed E-state index contributed by atoms with van der Waals surface area (Å²) in [6.45, 7) is 0. The van der Waals surface area contributed by atoms with E-state index in [1.165, 1.54) is 27.4 Å². The summed E-state index contributed by atoms with van der Waals surface area (Å²) < 4.78 is 16.0. The van der Waals surface area contributed by atoms with Gasteiger partial charge >= 0.3 is 5.97 Å². The topological polar surface area (TPSA) is 97.7 Å². The number of carboxylic acid groups (broad SMARTS) is 1. The van der Waals surface area contributed by atoms with E-state index < -0.39 is 11.9 Å². The number of methoxy groups -OCH3 is 3. The van der Waals surface area contributed by atoms with Gasteiger partial charge in [0.05, 0.1) is 37.5 Å². The van der Waals surface area contributed by atoms with Crippen molar-refractivity contribution in [1.82, 2.24) is 0 Å². The molecule has 0 aromatic heterocycles. The fourth-order valence-electron chi connectivity index (χ4n) is 2.93. The standard InChI is InChI=1S/C21H20N2O6S/c1-23(14-8-6-5-7-13(14)20(25)26)21-22-19(24)17(30-21)11-12-9-15(27-2)18(29-4)16(10-12)28-3/h5-11H,1-4H3,(H,25,26)/b17-11-. The van der Waals surface area contributed by atoms with Crippen molar-refractivity contribution in [2.75, 3.05) is 33.3 Å². The van der Waals surface area contributed by atoms with Crippen LogP contribution >= 0.6 is 11.8 Å². The number of carboxylic acids is 1. The molecular formula is C21H20N2O6S. The average molecular weight is 428 g/mol. The van der Waals surface area contributed by atoms with Crippen LogP contribution in [0.15, 0.2) is 46.3 Å². The van der Waals surface area contributed by atoms with E-state index >= 15 is 0 Å². The molecule has 0 aliphatic carbocycles. The van der Waals surface area contributed by atoms with Crippen LogP contribution in [0, 0.1) is 0 Å². The highest BCUT2D eigenvalue weighted by atomic mass is 32.2. The summed E-state index contributed by atoms with van der Waals surface area (Å²) in [5, 5.41) is 9.79. The van der Waals surface area contributed by atoms with Crippen LogP contribution in [0.5, 0.6) is 17.2 Å². The first kappa shape index (κ1) is 21.3. The summed E-state index contributed by atoms with van der Waals surface area (Å²) in [5.74, 6) is -0.0842. The number of benzene rings is 2. The number of ether oxygens (including phenoxy) is 3. The third kappa shape index (κ3) is 4.11. The molecule has 9 heteroatoms. The van der Waals surface area contributed by atoms with E-state index in [0.717, 1.165) is 11.8 Å². The normalized spacial score (nSPS) is 14.5. The number of anilines is 1. The van der Waals surface area contributed by atoms with Gasteiger partial charge in [0.1, 0.15) is 0 Å². The van der Waals surface area contributed by atoms with Gasteiger partial charge in [0.2, 0.25) is 5.75 Å². The molecule has 0 fully saturated rings. The van der Waals surface area contributed by atoms with Gasteiger partial charge in [0.15, 0.2) is 16.7 Å². The van der Waals surface area contributed by atoms with Crippen molar-refractivity contribution in [3.63, 3.8) is 0 Å². The Balaban J connectivity index is 1.91. The van der Waals surface area contributed by atoms with E-state index in [-0.39, 0.29) is 5.56 Å². The second-order valence-electron chi connectivity index (χ2n) is 6.15. The number of thioether (sulfide) groups is 1. The minimum Gasteiger partial charge on any atom is -0.493 e. The number of carbonyl (C=O) groups excluding carboxylic acids is 1. The van der Waals surface area contributed by atoms with Gasteiger partial charge in [-0.15, -0.1) is 0 Å². The maximum Gasteiger partial charge on any atom is 0.337 e. The number of aliphatic imine (C=N–C) groups is 1. The molecule has 1 aliphatic rings. The summed E-state index contributed by atoms with van der Waals surface area (Å²) in [7, 11) is 6.21. The Morgan fingerprint density at radius 1 is 1.10 bits per heavy atom. The fraction of sp³-hybridized carbons (Fsp3) is 0.190. The zero-order valence-corrected chi connectivity index (χ0v) is 17.6. The number of hydrogen-bond donors (Lipinski definition) is 1. The van der Waals surface area contributed by atoms with Crippen LogP contribution in [-0.4, -0.2) is 50.5 Å². The Bertz CT molecular complexity index is 1040. The Morgan fingerprint density at radius 3 is 2.30 bits per heavy atom. The van der Waals surface area contributed by atoms with Gasteiger partial charge in [0, 0.05) is 7.05 Å². The lowest BCUT2D eigenvalue weighted by Crippen LogP contribution is -2.24. The summed E-state index contributed by atoms with van der Waals surface area (Å²) in [6, 6.07) is 9.99. The van der Waals surface area contributed by atoms with Gasteiger partial charge in [-0.05, 0) is 47.7 Å². The van der Waals surface area contributed by atoms with Crippen molar-refractivity contribution in [2.24, 2.45) is 4.99 Å². The molecule has 0 saturated carbocycles. The van der Waals surface area contributed by atoms with Crippen LogP contribution in [0.25, 0.3) is 6.08 Å². The SMILES string of the molecule is COc1cc(/C=C2\SC(N(C)c3ccccc3C(=O)O)=NC2=O)cc(OC)c1OC. The molecule has 3 rings (SSSR count). The van der Waals surface area contributed by atoms with Crippen LogP contribution in [-0.2, 0) is 4.79 Å². The summed E-state index contributed by atoms with van der Waals surface area (Å²) in [5.41, 5.74) is 1.24. The summed E-state index contributed by atoms with van der Waals surface area (Å²) >= 11 is 1.16. The largest absolute Gasteiger partial charge is 0.493 e. The predicted octanol–water partition coefficient (Wildman–Crippen LogP) is 3.52. The van der Waals surface area contributed by atoms with Crippen molar-refractivity contribution in [3.8, 4) is 17.2 Å². The fourth-order valence-corrected chi connectivity index (χ4v) is 3.82. The molecule has 2 aromatic carbocycles. The molecule has 0 unspecified atom stereocenters. The second-order valence-corrected chi connectivity index (χ2v) is 7.16. The quantitative estimate of drug-likeness (QED) is 0.698. The smallest absolute Gasteiger partial charge is 0.337 e. The van der Waals surface area contributed by atoms with Gasteiger partial charge in [-0.25, -0.2) is 4.79 Å². The molecule has 0 radical (unpaired) electrons. The molecule has 156 valence electrons. The molecule has 0 spiro atoms. The molecule has 0 bridgehead atoms. The number of nitrogens with zero attached hydrogens (tertiary/aromatic N) is 2. The zero-order valence-electron chi connectivity index (χ0n) is 16.8. The van der Waals surface area contributed by atoms with Crippen LogP contribution in [0.2, 0.25) is 0 Å². The minimum absolute atomic E-state index is 0.123. The van der Waals surface area contributed by atoms with Gasteiger partial charge in [-0.3, -0.25) is 4.79 Å². The molecule has 0 atom stereocenters. The maximum atomic E-state index is 12.5. The molecule has 0 saturated heterocycles. The first-order chi connectivity index (χ1) is 14.4. The monoisotopic (exact) mass is 428 g/mol. The highest BCUT2D eigenvalue weighted by Crippen LogP contribution is 2.40. The number of aromatic carboxylic acids is 1. The second kappa shape index (κ2) is 8.91. The van der Waals surface area contributed by atoms with Crippen molar-refractivity contribution >= 4 is 40.6 Å². The zero-order chi connectivity index (χ0) is 21.8. The number of amidine groups is 1. The lowest BCUT2D eigenvalue weighted by Gasteiger charge is -2.19. The van der Waals surface area contributed by atoms with Crippen LogP contribution in [0.1, 0.15) is 15.9 Å². The highest BCUT2D eigenvalue weighted by molar-refractivity contribution is 8.18. The lowest BCUT2D eigenvalue weighted by molar-refractivity contribution is -0.113. The number of hydrogen-bond acceptors (Lipinski definition) is 7. The molecule has 8 nitrogen and oxygen atoms in total. The number of para-hydroxylation sites is 1. The summed E-state index contributed by atoms with van der Waals surface area (Å²) in [6.07, 6.45) is 1.67. The van der Waals surface area contributed by atoms with E-state index in [1.807, 2.05) is 0 Å². The maximum absolute atomic E-state index is 12.5. The lowest BCUT2D eigenvalue weighted by atomic mass is 10.1. The Morgan fingerprint density at radius 2 is 1.73 bits per heavy atom. The van der Waals surface area contributed by atoms with Crippen molar-refractivity contribution in [3.05, 3.63) is 52.4 Å². The molecular weight excluding hydrogens is 408 g/mol. The van der Waals surface area contributed by atoms with E-state index in [2.05, 4.69) is 4.99 Å².